The molecule has 2 aromatic rings. The topological polar surface area (TPSA) is 43.6 Å². The van der Waals surface area contributed by atoms with Crippen molar-refractivity contribution in [1.82, 2.24) is 19.1 Å². The van der Waals surface area contributed by atoms with E-state index in [2.05, 4.69) is 35.2 Å². The molecule has 2 aromatic heterocycles. The fourth-order valence-corrected chi connectivity index (χ4v) is 2.31. The predicted molar refractivity (Wildman–Crippen MR) is 60.8 cm³/mol. The first kappa shape index (κ1) is 10.3. The highest BCUT2D eigenvalue weighted by molar-refractivity contribution is 7.09. The summed E-state index contributed by atoms with van der Waals surface area (Å²) in [7, 11) is 1.96. The number of aryl methyl sites for hydroxylation is 1. The molecular formula is C10H14N4S. The van der Waals surface area contributed by atoms with E-state index in [4.69, 9.17) is 0 Å². The molecule has 0 amide bonds. The number of hydrogen-bond donors (Lipinski definition) is 0. The Kier molecular flexibility index (Phi) is 2.34. The van der Waals surface area contributed by atoms with Crippen molar-refractivity contribution in [1.29, 1.82) is 0 Å². The predicted octanol–water partition coefficient (Wildman–Crippen LogP) is 2.24. The SMILES string of the molecule is Cn1ncc(-c2ncns2)c1C(C)(C)C. The molecule has 2 heterocycles. The fraction of sp³-hybridized carbons (Fsp3) is 0.500. The number of nitrogens with zero attached hydrogens (tertiary/aromatic N) is 4. The number of aromatic nitrogens is 4. The molecule has 80 valence electrons. The van der Waals surface area contributed by atoms with Gasteiger partial charge in [0.2, 0.25) is 0 Å². The molecule has 0 spiro atoms. The first-order chi connectivity index (χ1) is 7.00. The standard InChI is InChI=1S/C10H14N4S/c1-10(2,3)8-7(5-12-14(8)4)9-11-6-13-15-9/h5-6H,1-4H3. The van der Waals surface area contributed by atoms with Gasteiger partial charge in [-0.3, -0.25) is 4.68 Å². The molecular weight excluding hydrogens is 208 g/mol. The highest BCUT2D eigenvalue weighted by Crippen LogP contribution is 2.32. The Morgan fingerprint density at radius 2 is 2.07 bits per heavy atom. The van der Waals surface area contributed by atoms with Gasteiger partial charge in [-0.15, -0.1) is 0 Å². The summed E-state index contributed by atoms with van der Waals surface area (Å²) in [6.45, 7) is 6.53. The quantitative estimate of drug-likeness (QED) is 0.743. The van der Waals surface area contributed by atoms with Gasteiger partial charge in [-0.1, -0.05) is 20.8 Å². The summed E-state index contributed by atoms with van der Waals surface area (Å²) in [5.74, 6) is 0. The van der Waals surface area contributed by atoms with Crippen molar-refractivity contribution in [3.63, 3.8) is 0 Å². The Morgan fingerprint density at radius 1 is 1.33 bits per heavy atom. The molecule has 0 unspecified atom stereocenters. The smallest absolute Gasteiger partial charge is 0.147 e. The molecule has 0 aliphatic carbocycles. The second-order valence-electron chi connectivity index (χ2n) is 4.53. The van der Waals surface area contributed by atoms with Gasteiger partial charge in [0.1, 0.15) is 11.3 Å². The van der Waals surface area contributed by atoms with E-state index < -0.39 is 0 Å². The minimum atomic E-state index is 0.0618. The summed E-state index contributed by atoms with van der Waals surface area (Å²) in [6, 6.07) is 0. The van der Waals surface area contributed by atoms with Gasteiger partial charge < -0.3 is 0 Å². The highest BCUT2D eigenvalue weighted by atomic mass is 32.1. The van der Waals surface area contributed by atoms with E-state index in [1.165, 1.54) is 17.2 Å². The van der Waals surface area contributed by atoms with Crippen LogP contribution >= 0.6 is 11.5 Å². The maximum absolute atomic E-state index is 4.29. The Labute approximate surface area is 93.1 Å². The lowest BCUT2D eigenvalue weighted by Crippen LogP contribution is -2.17. The molecule has 4 nitrogen and oxygen atoms in total. The zero-order chi connectivity index (χ0) is 11.1. The molecule has 5 heteroatoms. The van der Waals surface area contributed by atoms with Crippen LogP contribution in [0.15, 0.2) is 12.5 Å². The first-order valence-electron chi connectivity index (χ1n) is 4.79. The third-order valence-electron chi connectivity index (χ3n) is 2.24. The Hall–Kier alpha value is -1.23. The normalized spacial score (nSPS) is 12.0. The summed E-state index contributed by atoms with van der Waals surface area (Å²) in [5, 5.41) is 5.23. The lowest BCUT2D eigenvalue weighted by atomic mass is 9.89. The van der Waals surface area contributed by atoms with E-state index in [9.17, 15) is 0 Å². The lowest BCUT2D eigenvalue weighted by molar-refractivity contribution is 0.524. The fourth-order valence-electron chi connectivity index (χ4n) is 1.78. The van der Waals surface area contributed by atoms with E-state index in [0.717, 1.165) is 10.6 Å². The lowest BCUT2D eigenvalue weighted by Gasteiger charge is -2.20. The van der Waals surface area contributed by atoms with Crippen LogP contribution in [0.25, 0.3) is 10.6 Å². The molecule has 2 rings (SSSR count). The van der Waals surface area contributed by atoms with E-state index in [0.29, 0.717) is 0 Å². The van der Waals surface area contributed by atoms with E-state index in [1.54, 1.807) is 6.33 Å². The number of hydrogen-bond acceptors (Lipinski definition) is 4. The van der Waals surface area contributed by atoms with E-state index in [1.807, 2.05) is 17.9 Å². The Balaban J connectivity index is 2.59. The zero-order valence-corrected chi connectivity index (χ0v) is 10.2. The molecule has 0 aromatic carbocycles. The molecule has 0 bridgehead atoms. The van der Waals surface area contributed by atoms with E-state index in [-0.39, 0.29) is 5.41 Å². The van der Waals surface area contributed by atoms with Crippen molar-refractivity contribution in [3.05, 3.63) is 18.2 Å². The summed E-state index contributed by atoms with van der Waals surface area (Å²) in [6.07, 6.45) is 3.44. The maximum Gasteiger partial charge on any atom is 0.147 e. The molecule has 15 heavy (non-hydrogen) atoms. The molecule has 0 saturated heterocycles. The molecule has 0 radical (unpaired) electrons. The molecule has 0 aliphatic rings. The van der Waals surface area contributed by atoms with Crippen LogP contribution in [0.1, 0.15) is 26.5 Å². The summed E-state index contributed by atoms with van der Waals surface area (Å²) >= 11 is 1.41. The van der Waals surface area contributed by atoms with E-state index >= 15 is 0 Å². The molecule has 0 aliphatic heterocycles. The van der Waals surface area contributed by atoms with Gasteiger partial charge in [-0.25, -0.2) is 4.98 Å². The second-order valence-corrected chi connectivity index (χ2v) is 5.31. The zero-order valence-electron chi connectivity index (χ0n) is 9.35. The minimum Gasteiger partial charge on any atom is -0.271 e. The van der Waals surface area contributed by atoms with Crippen LogP contribution < -0.4 is 0 Å². The Bertz CT molecular complexity index is 450. The molecule has 0 atom stereocenters. The van der Waals surface area contributed by atoms with Gasteiger partial charge in [0.15, 0.2) is 0 Å². The summed E-state index contributed by atoms with van der Waals surface area (Å²) in [5.41, 5.74) is 2.35. The van der Waals surface area contributed by atoms with Crippen LogP contribution in [0.5, 0.6) is 0 Å². The first-order valence-corrected chi connectivity index (χ1v) is 5.57. The highest BCUT2D eigenvalue weighted by Gasteiger charge is 2.24. The van der Waals surface area contributed by atoms with Crippen molar-refractivity contribution >= 4 is 11.5 Å². The van der Waals surface area contributed by atoms with Gasteiger partial charge in [-0.05, 0) is 11.5 Å². The third kappa shape index (κ3) is 1.79. The van der Waals surface area contributed by atoms with Crippen LogP contribution in [0, 0.1) is 0 Å². The van der Waals surface area contributed by atoms with Gasteiger partial charge in [0.05, 0.1) is 17.5 Å². The van der Waals surface area contributed by atoms with Crippen molar-refractivity contribution in [2.24, 2.45) is 7.05 Å². The van der Waals surface area contributed by atoms with Crippen molar-refractivity contribution in [2.45, 2.75) is 26.2 Å². The van der Waals surface area contributed by atoms with Gasteiger partial charge >= 0.3 is 0 Å². The average Bonchev–Trinajstić information content (AvgIpc) is 2.68. The molecule has 0 N–H and O–H groups in total. The summed E-state index contributed by atoms with van der Waals surface area (Å²) < 4.78 is 5.94. The Morgan fingerprint density at radius 3 is 2.60 bits per heavy atom. The largest absolute Gasteiger partial charge is 0.271 e. The molecule has 0 fully saturated rings. The minimum absolute atomic E-state index is 0.0618. The van der Waals surface area contributed by atoms with Crippen molar-refractivity contribution in [3.8, 4) is 10.6 Å². The van der Waals surface area contributed by atoms with Crippen molar-refractivity contribution < 1.29 is 0 Å². The second kappa shape index (κ2) is 3.41. The monoisotopic (exact) mass is 222 g/mol. The molecule has 0 saturated carbocycles. The van der Waals surface area contributed by atoms with Crippen LogP contribution in [-0.2, 0) is 12.5 Å². The van der Waals surface area contributed by atoms with Crippen LogP contribution in [-0.4, -0.2) is 19.1 Å². The van der Waals surface area contributed by atoms with Gasteiger partial charge in [0, 0.05) is 12.5 Å². The maximum atomic E-state index is 4.29. The van der Waals surface area contributed by atoms with Crippen LogP contribution in [0.3, 0.4) is 0 Å². The van der Waals surface area contributed by atoms with Crippen LogP contribution in [0.4, 0.5) is 0 Å². The summed E-state index contributed by atoms with van der Waals surface area (Å²) in [4.78, 5) is 4.23. The third-order valence-corrected chi connectivity index (χ3v) is 2.94. The van der Waals surface area contributed by atoms with Gasteiger partial charge in [0.25, 0.3) is 0 Å². The van der Waals surface area contributed by atoms with Gasteiger partial charge in [-0.2, -0.15) is 9.47 Å². The number of rotatable bonds is 1. The average molecular weight is 222 g/mol. The van der Waals surface area contributed by atoms with Crippen LogP contribution in [0.2, 0.25) is 0 Å². The van der Waals surface area contributed by atoms with Crippen molar-refractivity contribution in [2.75, 3.05) is 0 Å².